The summed E-state index contributed by atoms with van der Waals surface area (Å²) in [5.41, 5.74) is -1.04. The summed E-state index contributed by atoms with van der Waals surface area (Å²) in [6.07, 6.45) is 0. The molecule has 0 saturated carbocycles. The first kappa shape index (κ1) is 69.2. The topological polar surface area (TPSA) is 423 Å². The van der Waals surface area contributed by atoms with E-state index in [1.807, 2.05) is 0 Å². The van der Waals surface area contributed by atoms with Gasteiger partial charge in [-0.3, -0.25) is 0 Å². The first-order valence-electron chi connectivity index (χ1n) is 19.9. The minimum atomic E-state index is -5.92. The van der Waals surface area contributed by atoms with E-state index in [9.17, 15) is 77.8 Å². The Morgan fingerprint density at radius 3 is 0.738 bits per heavy atom. The van der Waals surface area contributed by atoms with Crippen molar-refractivity contribution in [2.75, 3.05) is 0 Å². The molecule has 0 saturated heterocycles. The fourth-order valence-electron chi connectivity index (χ4n) is 9.32. The van der Waals surface area contributed by atoms with Gasteiger partial charge in [0.1, 0.15) is 0 Å². The van der Waals surface area contributed by atoms with Crippen molar-refractivity contribution in [2.24, 2.45) is 9.98 Å². The molecule has 0 unspecified atom stereocenters. The van der Waals surface area contributed by atoms with Crippen LogP contribution in [0.25, 0.3) is 86.9 Å². The number of benzene rings is 9. The zero-order chi connectivity index (χ0) is 53.0. The molecule has 380 valence electrons. The number of nitrogens with zero attached hydrogens (tertiary/aromatic N) is 2. The summed E-state index contributed by atoms with van der Waals surface area (Å²) in [7, 11) is -34.5. The quantitative estimate of drug-likeness (QED) is 0.0474. The average Bonchev–Trinajstić information content (AvgIpc) is 3.85. The first-order chi connectivity index (χ1) is 34.4. The van der Waals surface area contributed by atoms with Crippen molar-refractivity contribution in [1.29, 1.82) is 0 Å². The standard InChI is InChI=1S/C42H22N2O24S6.6Na/c45-69(46,47)63-37-21-5-1-3-7-23(21)39(65-71(51,52)53)29-25(37)13-9-17-19-11-15-27-31(35(19)43-33(17)29)41(67-73(57,58)59)28-16-12-20-18-10-14-26-30(34(18)44-36(20)32(28)42(27)68-74(60,61)62)40(66-72(54,55)56)24-8-4-2-6-22(24)38(26)64-70(48,49)50;;;;;;/h1-16H,(H,45,46,47)(H,48,49,50)(H,51,52,53)(H,54,55,56)(H,57,58,59)(H,60,61,62);;;;;;/q;6*+1/p-6. The maximum absolute atomic E-state index is 12.7. The van der Waals surface area contributed by atoms with Crippen molar-refractivity contribution in [2.45, 2.75) is 0 Å². The molecule has 38 heteroatoms. The molecule has 80 heavy (non-hydrogen) atoms. The second-order valence-electron chi connectivity index (χ2n) is 15.8. The van der Waals surface area contributed by atoms with E-state index in [2.05, 4.69) is 9.98 Å². The molecule has 0 aliphatic carbocycles. The van der Waals surface area contributed by atoms with Crippen molar-refractivity contribution in [3.8, 4) is 56.8 Å². The van der Waals surface area contributed by atoms with E-state index in [0.717, 1.165) is 36.4 Å². The van der Waals surface area contributed by atoms with Crippen molar-refractivity contribution in [3.05, 3.63) is 108 Å². The molecule has 11 rings (SSSR count). The second-order valence-corrected chi connectivity index (χ2v) is 21.7. The fourth-order valence-corrected chi connectivity index (χ4v) is 11.6. The minimum Gasteiger partial charge on any atom is -0.716 e. The molecule has 9 aromatic rings. The van der Waals surface area contributed by atoms with Gasteiger partial charge in [0.2, 0.25) is 0 Å². The summed E-state index contributed by atoms with van der Waals surface area (Å²) in [5.74, 6) is -4.89. The van der Waals surface area contributed by atoms with Crippen LogP contribution in [0.3, 0.4) is 0 Å². The van der Waals surface area contributed by atoms with Gasteiger partial charge in [0.05, 0.1) is 43.6 Å². The Labute approximate surface area is 584 Å². The third kappa shape index (κ3) is 13.1. The second kappa shape index (κ2) is 24.3. The van der Waals surface area contributed by atoms with Crippen LogP contribution in [0.4, 0.5) is 11.4 Å². The molecule has 0 N–H and O–H groups in total. The minimum absolute atomic E-state index is 0. The Morgan fingerprint density at radius 2 is 0.475 bits per heavy atom. The molecule has 0 fully saturated rings. The van der Waals surface area contributed by atoms with Crippen LogP contribution in [-0.2, 0) is 62.4 Å². The van der Waals surface area contributed by atoms with Gasteiger partial charge in [0, 0.05) is 65.3 Å². The zero-order valence-corrected chi connectivity index (χ0v) is 58.3. The molecule has 9 aromatic carbocycles. The van der Waals surface area contributed by atoms with Crippen LogP contribution in [0.5, 0.6) is 34.5 Å². The molecule has 0 atom stereocenters. The molecule has 0 aromatic heterocycles. The van der Waals surface area contributed by atoms with Crippen LogP contribution < -0.4 is 213 Å². The Balaban J connectivity index is 0.00000196. The van der Waals surface area contributed by atoms with E-state index >= 15 is 0 Å². The Hall–Kier alpha value is -1.60. The van der Waals surface area contributed by atoms with Gasteiger partial charge in [-0.25, -0.2) is 60.5 Å². The Morgan fingerprint density at radius 1 is 0.263 bits per heavy atom. The predicted octanol–water partition coefficient (Wildman–Crippen LogP) is -14.5. The van der Waals surface area contributed by atoms with Gasteiger partial charge in [-0.05, 0) is 24.3 Å². The third-order valence-corrected chi connectivity index (χ3v) is 13.8. The molecule has 26 nitrogen and oxygen atoms in total. The van der Waals surface area contributed by atoms with E-state index in [-0.39, 0.29) is 221 Å². The zero-order valence-electron chi connectivity index (χ0n) is 41.4. The molecule has 0 radical (unpaired) electrons. The smallest absolute Gasteiger partial charge is 0.716 e. The molecule has 0 amide bonds. The summed E-state index contributed by atoms with van der Waals surface area (Å²) >= 11 is 0. The Kier molecular flexibility index (Phi) is 21.0. The van der Waals surface area contributed by atoms with Gasteiger partial charge in [0.25, 0.3) is 62.4 Å². The van der Waals surface area contributed by atoms with Gasteiger partial charge in [-0.2, -0.15) is 0 Å². The molecule has 2 aliphatic rings. The van der Waals surface area contributed by atoms with E-state index in [4.69, 9.17) is 25.1 Å². The third-order valence-electron chi connectivity index (χ3n) is 11.6. The van der Waals surface area contributed by atoms with Gasteiger partial charge >= 0.3 is 177 Å². The normalized spacial score (nSPS) is 12.6. The van der Waals surface area contributed by atoms with Crippen LogP contribution in [0, 0.1) is 0 Å². The first-order valence-corrected chi connectivity index (χ1v) is 27.9. The summed E-state index contributed by atoms with van der Waals surface area (Å²) in [6, 6.07) is 19.1. The van der Waals surface area contributed by atoms with E-state index in [1.54, 1.807) is 0 Å². The van der Waals surface area contributed by atoms with E-state index in [1.165, 1.54) is 60.7 Å². The number of hydrogen-bond acceptors (Lipinski definition) is 26. The molecular formula is C42H16N2Na6O24S6. The summed E-state index contributed by atoms with van der Waals surface area (Å²) < 4.78 is 252. The van der Waals surface area contributed by atoms with Crippen molar-refractivity contribution in [3.63, 3.8) is 0 Å². The van der Waals surface area contributed by atoms with Gasteiger partial charge in [-0.15, -0.1) is 0 Å². The van der Waals surface area contributed by atoms with E-state index in [0.29, 0.717) is 0 Å². The van der Waals surface area contributed by atoms with Crippen molar-refractivity contribution < 1.29 is 280 Å². The maximum Gasteiger partial charge on any atom is 1.00 e. The van der Waals surface area contributed by atoms with Crippen LogP contribution in [-0.4, -0.2) is 77.8 Å². The SMILES string of the molecule is O=S(=O)([O-])Oc1c2ccccc2c(OS(=O)(=O)[O-])c2c3c(ccc12)-c1ccc2c(OS(=O)(=O)[O-])c4c5c(ccc4c(OS(=O)(=O)[O-])c2c1=N3)-c1ccc2c(OS(=O)(=O)[O-])c3ccccc3c(OS(=O)(=O)[O-])c2c1N=5.[Na+].[Na+].[Na+].[Na+].[Na+].[Na+]. The van der Waals surface area contributed by atoms with Crippen molar-refractivity contribution in [1.82, 2.24) is 0 Å². The Bertz CT molecular complexity index is 4730. The molecule has 0 spiro atoms. The number of rotatable bonds is 12. The van der Waals surface area contributed by atoms with E-state index < -0.39 is 162 Å². The van der Waals surface area contributed by atoms with Crippen LogP contribution in [0.15, 0.2) is 107 Å². The summed E-state index contributed by atoms with van der Waals surface area (Å²) in [4.78, 5) is 9.14. The van der Waals surface area contributed by atoms with Crippen LogP contribution in [0.2, 0.25) is 0 Å². The summed E-state index contributed by atoms with van der Waals surface area (Å²) in [5, 5.41) is -6.32. The van der Waals surface area contributed by atoms with Crippen molar-refractivity contribution >= 4 is 138 Å². The summed E-state index contributed by atoms with van der Waals surface area (Å²) in [6.45, 7) is 0. The van der Waals surface area contributed by atoms with Crippen LogP contribution >= 0.6 is 0 Å². The average molecular weight is 1260 g/mol. The van der Waals surface area contributed by atoms with Crippen LogP contribution in [0.1, 0.15) is 0 Å². The molecule has 2 heterocycles. The molecule has 2 aliphatic heterocycles. The van der Waals surface area contributed by atoms with Gasteiger partial charge in [0.15, 0.2) is 34.5 Å². The van der Waals surface area contributed by atoms with Gasteiger partial charge in [-0.1, -0.05) is 72.8 Å². The van der Waals surface area contributed by atoms with Gasteiger partial charge < -0.3 is 52.4 Å². The predicted molar refractivity (Wildman–Crippen MR) is 246 cm³/mol. The molecular weight excluding hydrogens is 1250 g/mol. The number of hydrogen-bond donors (Lipinski definition) is 0. The number of fused-ring (bicyclic) bond motifs is 16. The maximum atomic E-state index is 12.7. The largest absolute Gasteiger partial charge is 1.00 e. The fraction of sp³-hybridized carbons (Fsp3) is 0. The monoisotopic (exact) mass is 1260 g/mol. The molecule has 0 bridgehead atoms.